The number of benzene rings is 1. The van der Waals surface area contributed by atoms with E-state index in [1.54, 1.807) is 0 Å². The fourth-order valence-corrected chi connectivity index (χ4v) is 5.71. The zero-order valence-electron chi connectivity index (χ0n) is 18.7. The van der Waals surface area contributed by atoms with Crippen LogP contribution < -0.4 is 20.7 Å². The summed E-state index contributed by atoms with van der Waals surface area (Å²) in [4.78, 5) is 6.06. The SMILES string of the molecule is CC1CN(c2cc(S(=O)(=O)NC3(C)CC3)cc(N=C(N)SC(=N)C(F)F)c2C=N)CC(C)N1.[HH].[HH]. The van der Waals surface area contributed by atoms with E-state index in [1.165, 1.54) is 12.1 Å². The van der Waals surface area contributed by atoms with Gasteiger partial charge < -0.3 is 21.4 Å². The molecule has 13 heteroatoms. The molecular weight excluding hydrogens is 472 g/mol. The molecule has 0 bridgehead atoms. The van der Waals surface area contributed by atoms with Gasteiger partial charge in [0.25, 0.3) is 6.43 Å². The fourth-order valence-electron chi connectivity index (χ4n) is 3.75. The third kappa shape index (κ3) is 6.28. The molecule has 0 amide bonds. The van der Waals surface area contributed by atoms with Crippen molar-refractivity contribution in [3.8, 4) is 0 Å². The molecule has 3 rings (SSSR count). The highest BCUT2D eigenvalue weighted by Gasteiger charge is 2.41. The second kappa shape index (κ2) is 9.65. The molecule has 1 saturated heterocycles. The van der Waals surface area contributed by atoms with Gasteiger partial charge in [-0.2, -0.15) is 0 Å². The standard InChI is InChI=1S/C20H29F2N7O2S2.2H2/c1-11-9-29(10-12(2)26-11)16-7-13(33(30,31)28-20(3)4-5-20)6-15(14(16)8-23)27-19(25)32-18(24)17(21)22;;/h6-8,11-12,17,23-24,26,28H,4-5,9-10H2,1-3H3,(H2,25,27);2*1H. The summed E-state index contributed by atoms with van der Waals surface area (Å²) in [6.45, 7) is 6.98. The number of anilines is 1. The van der Waals surface area contributed by atoms with Gasteiger partial charge in [0.2, 0.25) is 10.0 Å². The maximum atomic E-state index is 13.1. The summed E-state index contributed by atoms with van der Waals surface area (Å²) >= 11 is 0.295. The summed E-state index contributed by atoms with van der Waals surface area (Å²) in [6.07, 6.45) is -0.488. The van der Waals surface area contributed by atoms with Crippen molar-refractivity contribution in [2.45, 2.75) is 62.6 Å². The average molecular weight is 506 g/mol. The number of nitrogens with two attached hydrogens (primary N) is 1. The number of nitrogens with one attached hydrogen (secondary N) is 4. The number of aliphatic imine (C=N–C) groups is 1. The maximum absolute atomic E-state index is 13.1. The lowest BCUT2D eigenvalue weighted by Gasteiger charge is -2.38. The summed E-state index contributed by atoms with van der Waals surface area (Å²) in [5, 5.41) is 17.4. The molecule has 2 fully saturated rings. The molecule has 0 spiro atoms. The van der Waals surface area contributed by atoms with Crippen molar-refractivity contribution >= 4 is 49.6 Å². The number of rotatable bonds is 7. The zero-order valence-corrected chi connectivity index (χ0v) is 20.3. The van der Waals surface area contributed by atoms with E-state index >= 15 is 0 Å². The second-order valence-electron chi connectivity index (χ2n) is 8.78. The Morgan fingerprint density at radius 2 is 2.00 bits per heavy atom. The first kappa shape index (κ1) is 25.5. The lowest BCUT2D eigenvalue weighted by molar-refractivity contribution is 0.228. The Bertz CT molecular complexity index is 1080. The van der Waals surface area contributed by atoms with Crippen molar-refractivity contribution in [1.82, 2.24) is 10.0 Å². The summed E-state index contributed by atoms with van der Waals surface area (Å²) in [7, 11) is -3.91. The molecule has 1 aromatic rings. The minimum absolute atomic E-state index is 0. The molecule has 1 saturated carbocycles. The van der Waals surface area contributed by atoms with Crippen LogP contribution in [0.25, 0.3) is 0 Å². The molecule has 1 aromatic carbocycles. The number of halogens is 2. The van der Waals surface area contributed by atoms with Crippen molar-refractivity contribution in [2.24, 2.45) is 10.7 Å². The topological polar surface area (TPSA) is 148 Å². The first-order valence-electron chi connectivity index (χ1n) is 10.5. The molecule has 1 heterocycles. The first-order chi connectivity index (χ1) is 15.3. The van der Waals surface area contributed by atoms with E-state index in [2.05, 4.69) is 15.0 Å². The van der Waals surface area contributed by atoms with Crippen LogP contribution in [0, 0.1) is 10.8 Å². The first-order valence-corrected chi connectivity index (χ1v) is 12.8. The van der Waals surface area contributed by atoms with Crippen LogP contribution in [-0.4, -0.2) is 62.0 Å². The highest BCUT2D eigenvalue weighted by atomic mass is 32.2. The zero-order chi connectivity index (χ0) is 24.6. The van der Waals surface area contributed by atoms with Gasteiger partial charge >= 0.3 is 0 Å². The van der Waals surface area contributed by atoms with Crippen LogP contribution in [0.3, 0.4) is 0 Å². The summed E-state index contributed by atoms with van der Waals surface area (Å²) in [5.74, 6) is 0. The molecule has 33 heavy (non-hydrogen) atoms. The Hall–Kier alpha value is -2.09. The number of amidine groups is 1. The van der Waals surface area contributed by atoms with Crippen LogP contribution >= 0.6 is 11.8 Å². The fraction of sp³-hybridized carbons (Fsp3) is 0.550. The lowest BCUT2D eigenvalue weighted by Crippen LogP contribution is -2.54. The van der Waals surface area contributed by atoms with Gasteiger partial charge in [-0.25, -0.2) is 26.9 Å². The molecule has 186 valence electrons. The van der Waals surface area contributed by atoms with Gasteiger partial charge in [0.1, 0.15) is 5.04 Å². The van der Waals surface area contributed by atoms with Crippen LogP contribution in [0.5, 0.6) is 0 Å². The number of piperazine rings is 1. The van der Waals surface area contributed by atoms with Crippen molar-refractivity contribution < 1.29 is 20.1 Å². The van der Waals surface area contributed by atoms with Gasteiger partial charge in [0.05, 0.1) is 10.6 Å². The summed E-state index contributed by atoms with van der Waals surface area (Å²) in [5.41, 5.74) is 6.17. The van der Waals surface area contributed by atoms with Gasteiger partial charge in [-0.05, 0) is 57.5 Å². The Labute approximate surface area is 199 Å². The van der Waals surface area contributed by atoms with E-state index in [-0.39, 0.29) is 30.7 Å². The van der Waals surface area contributed by atoms with Crippen molar-refractivity contribution in [2.75, 3.05) is 18.0 Å². The third-order valence-electron chi connectivity index (χ3n) is 5.49. The van der Waals surface area contributed by atoms with E-state index < -0.39 is 27.0 Å². The smallest absolute Gasteiger partial charge is 0.286 e. The number of alkyl halides is 2. The van der Waals surface area contributed by atoms with Gasteiger partial charge in [0.15, 0.2) is 5.17 Å². The molecular formula is C20H33F2N7O2S2. The van der Waals surface area contributed by atoms with E-state index in [0.717, 1.165) is 19.1 Å². The number of nitrogens with zero attached hydrogens (tertiary/aromatic N) is 2. The maximum Gasteiger partial charge on any atom is 0.286 e. The molecule has 9 nitrogen and oxygen atoms in total. The van der Waals surface area contributed by atoms with Crippen molar-refractivity contribution in [3.63, 3.8) is 0 Å². The predicted octanol–water partition coefficient (Wildman–Crippen LogP) is 3.12. The monoisotopic (exact) mass is 505 g/mol. The van der Waals surface area contributed by atoms with Gasteiger partial charge in [0, 0.05) is 51.0 Å². The normalized spacial score (nSPS) is 23.0. The van der Waals surface area contributed by atoms with E-state index in [9.17, 15) is 17.2 Å². The molecule has 0 aromatic heterocycles. The molecule has 2 atom stereocenters. The highest BCUT2D eigenvalue weighted by Crippen LogP contribution is 2.38. The minimum atomic E-state index is -3.91. The van der Waals surface area contributed by atoms with Crippen molar-refractivity contribution in [1.29, 1.82) is 10.8 Å². The summed E-state index contributed by atoms with van der Waals surface area (Å²) < 4.78 is 54.5. The minimum Gasteiger partial charge on any atom is -0.378 e. The Balaban J connectivity index is 0.00000306. The predicted molar refractivity (Wildman–Crippen MR) is 133 cm³/mol. The van der Waals surface area contributed by atoms with E-state index in [0.29, 0.717) is 36.1 Å². The third-order valence-corrected chi connectivity index (χ3v) is 7.80. The quantitative estimate of drug-likeness (QED) is 0.284. The molecule has 1 aliphatic carbocycles. The number of hydrogen-bond donors (Lipinski definition) is 5. The van der Waals surface area contributed by atoms with Crippen LogP contribution in [0.4, 0.5) is 20.2 Å². The van der Waals surface area contributed by atoms with E-state index in [1.807, 2.05) is 25.7 Å². The average Bonchev–Trinajstić information content (AvgIpc) is 3.41. The molecule has 6 N–H and O–H groups in total. The Morgan fingerprint density at radius 1 is 1.39 bits per heavy atom. The number of thioether (sulfide) groups is 1. The second-order valence-corrected chi connectivity index (χ2v) is 11.5. The van der Waals surface area contributed by atoms with Crippen LogP contribution in [-0.2, 0) is 10.0 Å². The van der Waals surface area contributed by atoms with E-state index in [4.69, 9.17) is 16.6 Å². The highest BCUT2D eigenvalue weighted by molar-refractivity contribution is 8.26. The van der Waals surface area contributed by atoms with Crippen LogP contribution in [0.2, 0.25) is 0 Å². The molecule has 2 unspecified atom stereocenters. The molecule has 2 aliphatic rings. The van der Waals surface area contributed by atoms with Gasteiger partial charge in [-0.1, -0.05) is 0 Å². The molecule has 0 radical (unpaired) electrons. The Kier molecular flexibility index (Phi) is 7.46. The van der Waals surface area contributed by atoms with Gasteiger partial charge in [-0.3, -0.25) is 5.41 Å². The number of sulfonamides is 1. The number of hydrogen-bond acceptors (Lipinski definition) is 8. The van der Waals surface area contributed by atoms with Crippen molar-refractivity contribution in [3.05, 3.63) is 17.7 Å². The van der Waals surface area contributed by atoms with Gasteiger partial charge in [-0.15, -0.1) is 0 Å². The lowest BCUT2D eigenvalue weighted by atomic mass is 10.1. The largest absolute Gasteiger partial charge is 0.378 e. The van der Waals surface area contributed by atoms with Crippen LogP contribution in [0.15, 0.2) is 22.0 Å². The Morgan fingerprint density at radius 3 is 2.52 bits per heavy atom. The molecule has 1 aliphatic heterocycles. The van der Waals surface area contributed by atoms with Crippen LogP contribution in [0.1, 0.15) is 42.0 Å². The summed E-state index contributed by atoms with van der Waals surface area (Å²) in [6, 6.07) is 3.04.